The fourth-order valence-electron chi connectivity index (χ4n) is 1.08. The Morgan fingerprint density at radius 1 is 1.40 bits per heavy atom. The zero-order chi connectivity index (χ0) is 11.4. The van der Waals surface area contributed by atoms with Crippen molar-refractivity contribution in [3.63, 3.8) is 0 Å². The van der Waals surface area contributed by atoms with Gasteiger partial charge >= 0.3 is 0 Å². The summed E-state index contributed by atoms with van der Waals surface area (Å²) in [6, 6.07) is 2.39. The van der Waals surface area contributed by atoms with Gasteiger partial charge < -0.3 is 10.2 Å². The van der Waals surface area contributed by atoms with Crippen LogP contribution in [0, 0.1) is 0 Å². The lowest BCUT2D eigenvalue weighted by molar-refractivity contribution is 0.733. The summed E-state index contributed by atoms with van der Waals surface area (Å²) in [6.07, 6.45) is 1.98. The highest BCUT2D eigenvalue weighted by molar-refractivity contribution is 7.98. The summed E-state index contributed by atoms with van der Waals surface area (Å²) >= 11 is 1.55. The molecule has 0 fully saturated rings. The van der Waals surface area contributed by atoms with Crippen molar-refractivity contribution < 1.29 is 0 Å². The van der Waals surface area contributed by atoms with Crippen LogP contribution in [0.2, 0.25) is 0 Å². The van der Waals surface area contributed by atoms with Gasteiger partial charge in [0.2, 0.25) is 0 Å². The van der Waals surface area contributed by atoms with Crippen LogP contribution in [0.3, 0.4) is 0 Å². The Labute approximate surface area is 95.5 Å². The standard InChI is InChI=1S/C10H18N4S/c1-7(2)14(4)9-6-8(11-3)12-10(13-9)15-5/h6-7H,1-5H3,(H,11,12,13). The SMILES string of the molecule is CNc1cc(N(C)C(C)C)nc(SC)n1. The molecule has 1 N–H and O–H groups in total. The van der Waals surface area contributed by atoms with E-state index in [1.807, 2.05) is 26.4 Å². The second-order valence-electron chi connectivity index (χ2n) is 3.55. The molecular weight excluding hydrogens is 208 g/mol. The van der Waals surface area contributed by atoms with Crippen molar-refractivity contribution in [2.24, 2.45) is 0 Å². The Balaban J connectivity index is 3.06. The number of rotatable bonds is 4. The van der Waals surface area contributed by atoms with E-state index < -0.39 is 0 Å². The van der Waals surface area contributed by atoms with Crippen LogP contribution >= 0.6 is 11.8 Å². The zero-order valence-electron chi connectivity index (χ0n) is 9.90. The molecule has 1 rings (SSSR count). The molecule has 0 aliphatic heterocycles. The monoisotopic (exact) mass is 226 g/mol. The van der Waals surface area contributed by atoms with Crippen molar-refractivity contribution >= 4 is 23.4 Å². The molecule has 0 bridgehead atoms. The average molecular weight is 226 g/mol. The van der Waals surface area contributed by atoms with Gasteiger partial charge in [0.25, 0.3) is 0 Å². The van der Waals surface area contributed by atoms with Crippen molar-refractivity contribution in [3.8, 4) is 0 Å². The number of hydrogen-bond donors (Lipinski definition) is 1. The first-order chi connectivity index (χ1) is 7.08. The van der Waals surface area contributed by atoms with Crippen molar-refractivity contribution in [2.75, 3.05) is 30.6 Å². The van der Waals surface area contributed by atoms with Gasteiger partial charge in [0.05, 0.1) is 0 Å². The van der Waals surface area contributed by atoms with E-state index >= 15 is 0 Å². The van der Waals surface area contributed by atoms with Gasteiger partial charge in [-0.2, -0.15) is 0 Å². The van der Waals surface area contributed by atoms with Crippen LogP contribution in [0.15, 0.2) is 11.2 Å². The maximum Gasteiger partial charge on any atom is 0.191 e. The number of anilines is 2. The molecular formula is C10H18N4S. The average Bonchev–Trinajstić information content (AvgIpc) is 2.27. The van der Waals surface area contributed by atoms with E-state index in [0.29, 0.717) is 6.04 Å². The normalized spacial score (nSPS) is 10.5. The molecule has 0 radical (unpaired) electrons. The van der Waals surface area contributed by atoms with Gasteiger partial charge in [0, 0.05) is 26.2 Å². The van der Waals surface area contributed by atoms with Gasteiger partial charge in [0.1, 0.15) is 11.6 Å². The molecule has 84 valence electrons. The molecule has 0 atom stereocenters. The minimum atomic E-state index is 0.430. The number of aromatic nitrogens is 2. The van der Waals surface area contributed by atoms with Crippen LogP contribution in [-0.2, 0) is 0 Å². The summed E-state index contributed by atoms with van der Waals surface area (Å²) < 4.78 is 0. The van der Waals surface area contributed by atoms with E-state index in [0.717, 1.165) is 16.8 Å². The molecule has 0 saturated heterocycles. The first-order valence-electron chi connectivity index (χ1n) is 4.92. The van der Waals surface area contributed by atoms with Crippen LogP contribution in [0.5, 0.6) is 0 Å². The highest BCUT2D eigenvalue weighted by atomic mass is 32.2. The lowest BCUT2D eigenvalue weighted by atomic mass is 10.3. The topological polar surface area (TPSA) is 41.0 Å². The Bertz CT molecular complexity index is 305. The first kappa shape index (κ1) is 12.1. The lowest BCUT2D eigenvalue weighted by Gasteiger charge is -2.23. The van der Waals surface area contributed by atoms with Crippen LogP contribution in [-0.4, -0.2) is 36.4 Å². The molecule has 0 unspecified atom stereocenters. The predicted molar refractivity (Wildman–Crippen MR) is 66.9 cm³/mol. The molecule has 1 aromatic rings. The number of hydrogen-bond acceptors (Lipinski definition) is 5. The Morgan fingerprint density at radius 3 is 2.53 bits per heavy atom. The van der Waals surface area contributed by atoms with E-state index in [2.05, 4.69) is 34.0 Å². The van der Waals surface area contributed by atoms with Gasteiger partial charge in [-0.05, 0) is 20.1 Å². The lowest BCUT2D eigenvalue weighted by Crippen LogP contribution is -2.26. The third kappa shape index (κ3) is 2.99. The van der Waals surface area contributed by atoms with Crippen LogP contribution in [0.25, 0.3) is 0 Å². The minimum Gasteiger partial charge on any atom is -0.373 e. The predicted octanol–water partition coefficient (Wildman–Crippen LogP) is 2.08. The molecule has 0 aromatic carbocycles. The molecule has 1 heterocycles. The third-order valence-electron chi connectivity index (χ3n) is 2.27. The molecule has 0 aliphatic rings. The van der Waals surface area contributed by atoms with Gasteiger partial charge in [0.15, 0.2) is 5.16 Å². The van der Waals surface area contributed by atoms with Gasteiger partial charge in [-0.25, -0.2) is 9.97 Å². The van der Waals surface area contributed by atoms with E-state index in [1.54, 1.807) is 11.8 Å². The summed E-state index contributed by atoms with van der Waals surface area (Å²) in [4.78, 5) is 10.9. The second kappa shape index (κ2) is 5.21. The molecule has 0 aliphatic carbocycles. The molecule has 15 heavy (non-hydrogen) atoms. The summed E-state index contributed by atoms with van der Waals surface area (Å²) in [5, 5.41) is 3.84. The maximum atomic E-state index is 4.46. The Morgan fingerprint density at radius 2 is 2.07 bits per heavy atom. The van der Waals surface area contributed by atoms with E-state index in [-0.39, 0.29) is 0 Å². The van der Waals surface area contributed by atoms with Crippen LogP contribution < -0.4 is 10.2 Å². The van der Waals surface area contributed by atoms with Crippen molar-refractivity contribution in [1.29, 1.82) is 0 Å². The van der Waals surface area contributed by atoms with Crippen LogP contribution in [0.4, 0.5) is 11.6 Å². The molecule has 0 saturated carbocycles. The fourth-order valence-corrected chi connectivity index (χ4v) is 1.45. The van der Waals surface area contributed by atoms with E-state index in [1.165, 1.54) is 0 Å². The van der Waals surface area contributed by atoms with Gasteiger partial charge in [-0.1, -0.05) is 11.8 Å². The second-order valence-corrected chi connectivity index (χ2v) is 4.33. The van der Waals surface area contributed by atoms with Crippen molar-refractivity contribution in [1.82, 2.24) is 9.97 Å². The Kier molecular flexibility index (Phi) is 4.20. The van der Waals surface area contributed by atoms with Gasteiger partial charge in [-0.3, -0.25) is 0 Å². The summed E-state index contributed by atoms with van der Waals surface area (Å²) in [7, 11) is 3.90. The third-order valence-corrected chi connectivity index (χ3v) is 2.81. The fraction of sp³-hybridized carbons (Fsp3) is 0.600. The molecule has 1 aromatic heterocycles. The summed E-state index contributed by atoms with van der Waals surface area (Å²) in [6.45, 7) is 4.28. The van der Waals surface area contributed by atoms with Gasteiger partial charge in [-0.15, -0.1) is 0 Å². The van der Waals surface area contributed by atoms with Crippen molar-refractivity contribution in [2.45, 2.75) is 25.0 Å². The molecule has 4 nitrogen and oxygen atoms in total. The maximum absolute atomic E-state index is 4.46. The summed E-state index contributed by atoms with van der Waals surface area (Å²) in [5.41, 5.74) is 0. The van der Waals surface area contributed by atoms with E-state index in [4.69, 9.17) is 0 Å². The number of nitrogens with zero attached hydrogens (tertiary/aromatic N) is 3. The molecule has 5 heteroatoms. The highest BCUT2D eigenvalue weighted by Gasteiger charge is 2.09. The Hall–Kier alpha value is -0.970. The molecule has 0 amide bonds. The first-order valence-corrected chi connectivity index (χ1v) is 6.14. The highest BCUT2D eigenvalue weighted by Crippen LogP contribution is 2.20. The number of thioether (sulfide) groups is 1. The minimum absolute atomic E-state index is 0.430. The zero-order valence-corrected chi connectivity index (χ0v) is 10.7. The number of nitrogens with one attached hydrogen (secondary N) is 1. The smallest absolute Gasteiger partial charge is 0.191 e. The van der Waals surface area contributed by atoms with Crippen molar-refractivity contribution in [3.05, 3.63) is 6.07 Å². The van der Waals surface area contributed by atoms with E-state index in [9.17, 15) is 0 Å². The molecule has 0 spiro atoms. The summed E-state index contributed by atoms with van der Waals surface area (Å²) in [5.74, 6) is 1.81. The quantitative estimate of drug-likeness (QED) is 0.629. The van der Waals surface area contributed by atoms with Crippen LogP contribution in [0.1, 0.15) is 13.8 Å². The largest absolute Gasteiger partial charge is 0.373 e.